The van der Waals surface area contributed by atoms with Crippen molar-refractivity contribution < 1.29 is 4.79 Å². The van der Waals surface area contributed by atoms with E-state index in [2.05, 4.69) is 11.1 Å². The lowest BCUT2D eigenvalue weighted by atomic mass is 10.0. The maximum absolute atomic E-state index is 12.3. The first kappa shape index (κ1) is 14.1. The Bertz CT molecular complexity index is 630. The number of carbonyl (C=O) groups is 1. The molecule has 4 nitrogen and oxygen atoms in total. The van der Waals surface area contributed by atoms with Gasteiger partial charge in [0.05, 0.1) is 6.04 Å². The first-order chi connectivity index (χ1) is 10.1. The minimum Gasteiger partial charge on any atom is -0.361 e. The Hall–Kier alpha value is -1.81. The maximum atomic E-state index is 12.3. The number of benzene rings is 1. The highest BCUT2D eigenvalue weighted by molar-refractivity contribution is 5.86. The molecule has 0 unspecified atom stereocenters. The fourth-order valence-electron chi connectivity index (χ4n) is 2.80. The van der Waals surface area contributed by atoms with Gasteiger partial charge < -0.3 is 15.6 Å². The molecule has 1 fully saturated rings. The number of nitrogens with two attached hydrogens (primary N) is 1. The van der Waals surface area contributed by atoms with E-state index < -0.39 is 6.04 Å². The summed E-state index contributed by atoms with van der Waals surface area (Å²) in [7, 11) is 1.86. The number of aromatic amines is 1. The van der Waals surface area contributed by atoms with Gasteiger partial charge >= 0.3 is 0 Å². The fraction of sp³-hybridized carbons (Fsp3) is 0.471. The lowest BCUT2D eigenvalue weighted by Gasteiger charge is -2.21. The van der Waals surface area contributed by atoms with Crippen molar-refractivity contribution in [1.29, 1.82) is 0 Å². The molecule has 0 spiro atoms. The van der Waals surface area contributed by atoms with Gasteiger partial charge in [0.25, 0.3) is 0 Å². The van der Waals surface area contributed by atoms with Crippen LogP contribution in [-0.2, 0) is 11.2 Å². The van der Waals surface area contributed by atoms with Crippen molar-refractivity contribution in [2.24, 2.45) is 11.7 Å². The highest BCUT2D eigenvalue weighted by Gasteiger charge is 2.24. The van der Waals surface area contributed by atoms with Crippen LogP contribution in [0.4, 0.5) is 0 Å². The number of amides is 1. The molecule has 3 N–H and O–H groups in total. The predicted octanol–water partition coefficient (Wildman–Crippen LogP) is 2.30. The zero-order valence-corrected chi connectivity index (χ0v) is 12.5. The summed E-state index contributed by atoms with van der Waals surface area (Å²) in [6.07, 6.45) is 6.30. The van der Waals surface area contributed by atoms with Gasteiger partial charge in [0, 0.05) is 30.7 Å². The van der Waals surface area contributed by atoms with Crippen LogP contribution in [0.25, 0.3) is 10.9 Å². The fourth-order valence-corrected chi connectivity index (χ4v) is 2.80. The van der Waals surface area contributed by atoms with Crippen LogP contribution in [0.1, 0.15) is 24.8 Å². The molecule has 112 valence electrons. The van der Waals surface area contributed by atoms with E-state index in [0.29, 0.717) is 6.42 Å². The van der Waals surface area contributed by atoms with Gasteiger partial charge in [0.1, 0.15) is 0 Å². The summed E-state index contributed by atoms with van der Waals surface area (Å²) in [6.45, 7) is 0.824. The zero-order valence-electron chi connectivity index (χ0n) is 12.5. The second kappa shape index (κ2) is 5.90. The summed E-state index contributed by atoms with van der Waals surface area (Å²) in [6, 6.07) is 7.64. The number of nitrogens with zero attached hydrogens (tertiary/aromatic N) is 1. The molecular formula is C17H23N3O. The van der Waals surface area contributed by atoms with E-state index in [1.807, 2.05) is 31.4 Å². The molecule has 1 aliphatic rings. The van der Waals surface area contributed by atoms with Crippen molar-refractivity contribution in [1.82, 2.24) is 9.88 Å². The number of carbonyl (C=O) groups excluding carboxylic acids is 1. The average Bonchev–Trinajstić information content (AvgIpc) is 3.25. The standard InChI is InChI=1S/C17H23N3O/c1-20(9-8-12-6-7-12)17(21)15(18)10-13-11-19-16-5-3-2-4-14(13)16/h2-5,11-12,15,19H,6-10,18H2,1H3/t15-/m0/s1. The molecule has 2 aromatic rings. The normalized spacial score (nSPS) is 16.1. The molecule has 1 saturated carbocycles. The predicted molar refractivity (Wildman–Crippen MR) is 85.0 cm³/mol. The SMILES string of the molecule is CN(CCC1CC1)C(=O)[C@@H](N)Cc1c[nH]c2ccccc12. The monoisotopic (exact) mass is 285 g/mol. The minimum absolute atomic E-state index is 0.0425. The Labute approximate surface area is 125 Å². The molecule has 1 amide bonds. The van der Waals surface area contributed by atoms with Crippen LogP contribution in [-0.4, -0.2) is 35.4 Å². The van der Waals surface area contributed by atoms with Crippen molar-refractivity contribution >= 4 is 16.8 Å². The number of hydrogen-bond acceptors (Lipinski definition) is 2. The molecule has 1 aliphatic carbocycles. The number of likely N-dealkylation sites (N-methyl/N-ethyl adjacent to an activating group) is 1. The van der Waals surface area contributed by atoms with Crippen LogP contribution in [0, 0.1) is 5.92 Å². The molecule has 1 atom stereocenters. The van der Waals surface area contributed by atoms with Crippen molar-refractivity contribution in [2.45, 2.75) is 31.7 Å². The summed E-state index contributed by atoms with van der Waals surface area (Å²) < 4.78 is 0. The quantitative estimate of drug-likeness (QED) is 0.855. The number of fused-ring (bicyclic) bond motifs is 1. The molecule has 0 bridgehead atoms. The smallest absolute Gasteiger partial charge is 0.239 e. The molecule has 4 heteroatoms. The van der Waals surface area contributed by atoms with Gasteiger partial charge in [-0.3, -0.25) is 4.79 Å². The second-order valence-corrected chi connectivity index (χ2v) is 6.16. The Morgan fingerprint density at radius 1 is 1.43 bits per heavy atom. The van der Waals surface area contributed by atoms with Gasteiger partial charge in [-0.15, -0.1) is 0 Å². The highest BCUT2D eigenvalue weighted by Crippen LogP contribution is 2.32. The van der Waals surface area contributed by atoms with Gasteiger partial charge in [-0.05, 0) is 30.4 Å². The maximum Gasteiger partial charge on any atom is 0.239 e. The molecule has 1 aromatic heterocycles. The molecule has 0 aliphatic heterocycles. The van der Waals surface area contributed by atoms with E-state index in [0.717, 1.165) is 35.3 Å². The topological polar surface area (TPSA) is 62.1 Å². The first-order valence-electron chi connectivity index (χ1n) is 7.70. The van der Waals surface area contributed by atoms with E-state index in [1.54, 1.807) is 4.90 Å². The van der Waals surface area contributed by atoms with Gasteiger partial charge in [-0.25, -0.2) is 0 Å². The average molecular weight is 285 g/mol. The lowest BCUT2D eigenvalue weighted by molar-refractivity contribution is -0.131. The molecule has 1 aromatic carbocycles. The Morgan fingerprint density at radius 3 is 2.95 bits per heavy atom. The van der Waals surface area contributed by atoms with Crippen molar-refractivity contribution in [3.8, 4) is 0 Å². The van der Waals surface area contributed by atoms with E-state index in [1.165, 1.54) is 12.8 Å². The van der Waals surface area contributed by atoms with Crippen LogP contribution in [0.15, 0.2) is 30.5 Å². The van der Waals surface area contributed by atoms with Crippen molar-refractivity contribution in [3.63, 3.8) is 0 Å². The van der Waals surface area contributed by atoms with E-state index >= 15 is 0 Å². The second-order valence-electron chi connectivity index (χ2n) is 6.16. The van der Waals surface area contributed by atoms with Crippen LogP contribution >= 0.6 is 0 Å². The zero-order chi connectivity index (χ0) is 14.8. The first-order valence-corrected chi connectivity index (χ1v) is 7.70. The van der Waals surface area contributed by atoms with E-state index in [4.69, 9.17) is 5.73 Å². The Balaban J connectivity index is 1.61. The van der Waals surface area contributed by atoms with Crippen LogP contribution < -0.4 is 5.73 Å². The number of H-pyrrole nitrogens is 1. The van der Waals surface area contributed by atoms with E-state index in [9.17, 15) is 4.79 Å². The number of rotatable bonds is 6. The third kappa shape index (κ3) is 3.27. The van der Waals surface area contributed by atoms with Gasteiger partial charge in [-0.1, -0.05) is 31.0 Å². The summed E-state index contributed by atoms with van der Waals surface area (Å²) in [4.78, 5) is 17.3. The van der Waals surface area contributed by atoms with Gasteiger partial charge in [-0.2, -0.15) is 0 Å². The molecule has 21 heavy (non-hydrogen) atoms. The summed E-state index contributed by atoms with van der Waals surface area (Å²) in [5.74, 6) is 0.881. The molecule has 3 rings (SSSR count). The molecule has 0 radical (unpaired) electrons. The van der Waals surface area contributed by atoms with Gasteiger partial charge in [0.15, 0.2) is 0 Å². The molecule has 0 saturated heterocycles. The molecular weight excluding hydrogens is 262 g/mol. The number of hydrogen-bond donors (Lipinski definition) is 2. The van der Waals surface area contributed by atoms with Gasteiger partial charge in [0.2, 0.25) is 5.91 Å². The third-order valence-electron chi connectivity index (χ3n) is 4.38. The lowest BCUT2D eigenvalue weighted by Crippen LogP contribution is -2.43. The van der Waals surface area contributed by atoms with Crippen LogP contribution in [0.3, 0.4) is 0 Å². The van der Waals surface area contributed by atoms with Crippen LogP contribution in [0.2, 0.25) is 0 Å². The minimum atomic E-state index is -0.464. The summed E-state index contributed by atoms with van der Waals surface area (Å²) in [5, 5.41) is 1.15. The van der Waals surface area contributed by atoms with Crippen molar-refractivity contribution in [2.75, 3.05) is 13.6 Å². The largest absolute Gasteiger partial charge is 0.361 e. The Morgan fingerprint density at radius 2 is 2.19 bits per heavy atom. The highest BCUT2D eigenvalue weighted by atomic mass is 16.2. The van der Waals surface area contributed by atoms with E-state index in [-0.39, 0.29) is 5.91 Å². The van der Waals surface area contributed by atoms with Crippen molar-refractivity contribution in [3.05, 3.63) is 36.0 Å². The number of para-hydroxylation sites is 1. The Kier molecular flexibility index (Phi) is 3.97. The van der Waals surface area contributed by atoms with Crippen LogP contribution in [0.5, 0.6) is 0 Å². The summed E-state index contributed by atoms with van der Waals surface area (Å²) >= 11 is 0. The number of aromatic nitrogens is 1. The number of nitrogens with one attached hydrogen (secondary N) is 1. The summed E-state index contributed by atoms with van der Waals surface area (Å²) in [5.41, 5.74) is 8.32. The molecule has 1 heterocycles. The third-order valence-corrected chi connectivity index (χ3v) is 4.38.